The van der Waals surface area contributed by atoms with Gasteiger partial charge in [-0.25, -0.2) is 4.98 Å². The predicted molar refractivity (Wildman–Crippen MR) is 96.0 cm³/mol. The highest BCUT2D eigenvalue weighted by Crippen LogP contribution is 2.19. The molecule has 0 amide bonds. The molecule has 1 atom stereocenters. The maximum atomic E-state index is 4.67. The van der Waals surface area contributed by atoms with E-state index in [1.54, 1.807) is 0 Å². The zero-order valence-electron chi connectivity index (χ0n) is 13.6. The zero-order valence-corrected chi connectivity index (χ0v) is 13.6. The van der Waals surface area contributed by atoms with Gasteiger partial charge in [0.1, 0.15) is 0 Å². The molecule has 23 heavy (non-hydrogen) atoms. The van der Waals surface area contributed by atoms with Crippen molar-refractivity contribution in [3.8, 4) is 0 Å². The van der Waals surface area contributed by atoms with E-state index in [1.807, 2.05) is 60.9 Å². The van der Waals surface area contributed by atoms with Crippen molar-refractivity contribution in [2.75, 3.05) is 12.1 Å². The summed E-state index contributed by atoms with van der Waals surface area (Å²) in [5, 5.41) is 6.44. The van der Waals surface area contributed by atoms with Crippen LogP contribution in [0.2, 0.25) is 0 Å². The normalized spacial score (nSPS) is 12.7. The Hall–Kier alpha value is -2.75. The summed E-state index contributed by atoms with van der Waals surface area (Å²) >= 11 is 0. The second-order valence-electron chi connectivity index (χ2n) is 5.65. The van der Waals surface area contributed by atoms with Crippen LogP contribution in [0.15, 0.2) is 59.8 Å². The van der Waals surface area contributed by atoms with Gasteiger partial charge in [0.25, 0.3) is 0 Å². The van der Waals surface area contributed by atoms with E-state index in [2.05, 4.69) is 41.0 Å². The lowest BCUT2D eigenvalue weighted by Gasteiger charge is -2.16. The fourth-order valence-corrected chi connectivity index (χ4v) is 2.46. The van der Waals surface area contributed by atoms with Crippen LogP contribution in [0.1, 0.15) is 24.1 Å². The summed E-state index contributed by atoms with van der Waals surface area (Å²) in [6.07, 6.45) is 3.73. The van der Waals surface area contributed by atoms with E-state index >= 15 is 0 Å². The quantitative estimate of drug-likeness (QED) is 0.537. The average Bonchev–Trinajstić information content (AvgIpc) is 2.59. The first-order valence-corrected chi connectivity index (χ1v) is 7.70. The molecule has 1 aromatic heterocycles. The molecular weight excluding hydrogens is 284 g/mol. The van der Waals surface area contributed by atoms with Crippen LogP contribution in [0.3, 0.4) is 0 Å². The topological polar surface area (TPSA) is 41.4 Å². The molecule has 4 nitrogen and oxygen atoms in total. The third-order valence-corrected chi connectivity index (χ3v) is 3.86. The molecule has 1 heterocycles. The Labute approximate surface area is 136 Å². The van der Waals surface area contributed by atoms with E-state index < -0.39 is 0 Å². The molecule has 2 aromatic carbocycles. The summed E-state index contributed by atoms with van der Waals surface area (Å²) < 4.78 is 0. The van der Waals surface area contributed by atoms with Gasteiger partial charge in [0, 0.05) is 25.4 Å². The third kappa shape index (κ3) is 3.37. The SMILES string of the molecule is Cc1ccccc1N(C)/N=C\C(C)c1cnc2ccccc2n1. The van der Waals surface area contributed by atoms with Gasteiger partial charge in [-0.05, 0) is 30.7 Å². The van der Waals surface area contributed by atoms with Crippen LogP contribution in [0.5, 0.6) is 0 Å². The number of para-hydroxylation sites is 3. The number of aryl methyl sites for hydroxylation is 1. The van der Waals surface area contributed by atoms with Crippen molar-refractivity contribution in [2.24, 2.45) is 5.10 Å². The molecular formula is C19H20N4. The van der Waals surface area contributed by atoms with Gasteiger partial charge in [-0.3, -0.25) is 9.99 Å². The van der Waals surface area contributed by atoms with E-state index in [-0.39, 0.29) is 5.92 Å². The number of hydrogen-bond acceptors (Lipinski definition) is 4. The summed E-state index contributed by atoms with van der Waals surface area (Å²) in [5.41, 5.74) is 5.05. The van der Waals surface area contributed by atoms with Crippen LogP contribution >= 0.6 is 0 Å². The van der Waals surface area contributed by atoms with Crippen molar-refractivity contribution in [1.82, 2.24) is 9.97 Å². The first kappa shape index (κ1) is 15.2. The van der Waals surface area contributed by atoms with Crippen molar-refractivity contribution in [3.63, 3.8) is 0 Å². The van der Waals surface area contributed by atoms with Gasteiger partial charge in [0.2, 0.25) is 0 Å². The Morgan fingerprint density at radius 1 is 1.04 bits per heavy atom. The van der Waals surface area contributed by atoms with Crippen LogP contribution in [-0.2, 0) is 0 Å². The molecule has 1 unspecified atom stereocenters. The van der Waals surface area contributed by atoms with Crippen LogP contribution in [0.4, 0.5) is 5.69 Å². The summed E-state index contributed by atoms with van der Waals surface area (Å²) in [4.78, 5) is 9.13. The Balaban J connectivity index is 1.79. The number of fused-ring (bicyclic) bond motifs is 1. The minimum Gasteiger partial charge on any atom is -0.269 e. The minimum atomic E-state index is 0.0959. The number of anilines is 1. The molecule has 3 aromatic rings. The monoisotopic (exact) mass is 304 g/mol. The summed E-state index contributed by atoms with van der Waals surface area (Å²) in [7, 11) is 1.96. The highest BCUT2D eigenvalue weighted by atomic mass is 15.4. The highest BCUT2D eigenvalue weighted by Gasteiger charge is 2.07. The second kappa shape index (κ2) is 6.57. The van der Waals surface area contributed by atoms with E-state index in [0.29, 0.717) is 0 Å². The Morgan fingerprint density at radius 2 is 1.74 bits per heavy atom. The van der Waals surface area contributed by atoms with E-state index in [1.165, 1.54) is 5.56 Å². The first-order valence-electron chi connectivity index (χ1n) is 7.70. The lowest BCUT2D eigenvalue weighted by molar-refractivity contribution is 0.934. The molecule has 0 saturated heterocycles. The summed E-state index contributed by atoms with van der Waals surface area (Å²) in [5.74, 6) is 0.0959. The van der Waals surface area contributed by atoms with Gasteiger partial charge in [0.15, 0.2) is 0 Å². The van der Waals surface area contributed by atoms with Gasteiger partial charge in [-0.1, -0.05) is 37.3 Å². The van der Waals surface area contributed by atoms with Crippen LogP contribution in [0.25, 0.3) is 11.0 Å². The van der Waals surface area contributed by atoms with E-state index in [9.17, 15) is 0 Å². The number of nitrogens with zero attached hydrogens (tertiary/aromatic N) is 4. The van der Waals surface area contributed by atoms with E-state index in [0.717, 1.165) is 22.4 Å². The molecule has 0 bridgehead atoms. The van der Waals surface area contributed by atoms with Crippen molar-refractivity contribution < 1.29 is 0 Å². The van der Waals surface area contributed by atoms with Crippen molar-refractivity contribution in [2.45, 2.75) is 19.8 Å². The molecule has 0 spiro atoms. The van der Waals surface area contributed by atoms with Gasteiger partial charge in [-0.15, -0.1) is 0 Å². The van der Waals surface area contributed by atoms with Crippen molar-refractivity contribution in [1.29, 1.82) is 0 Å². The summed E-state index contributed by atoms with van der Waals surface area (Å²) in [6, 6.07) is 16.1. The molecule has 0 saturated carbocycles. The van der Waals surface area contributed by atoms with Crippen molar-refractivity contribution in [3.05, 3.63) is 66.0 Å². The smallest absolute Gasteiger partial charge is 0.0890 e. The fourth-order valence-electron chi connectivity index (χ4n) is 2.46. The molecule has 3 rings (SSSR count). The molecule has 0 aliphatic heterocycles. The van der Waals surface area contributed by atoms with Crippen LogP contribution in [-0.4, -0.2) is 23.2 Å². The zero-order chi connectivity index (χ0) is 16.2. The molecule has 0 radical (unpaired) electrons. The van der Waals surface area contributed by atoms with Gasteiger partial charge < -0.3 is 0 Å². The van der Waals surface area contributed by atoms with Crippen LogP contribution in [0, 0.1) is 6.92 Å². The van der Waals surface area contributed by atoms with Gasteiger partial charge in [0.05, 0.1) is 22.4 Å². The van der Waals surface area contributed by atoms with Gasteiger partial charge in [-0.2, -0.15) is 5.10 Å². The Bertz CT molecular complexity index is 841. The second-order valence-corrected chi connectivity index (χ2v) is 5.65. The molecule has 4 heteroatoms. The number of hydrogen-bond donors (Lipinski definition) is 0. The molecule has 0 aliphatic carbocycles. The lowest BCUT2D eigenvalue weighted by Crippen LogP contribution is -2.12. The molecule has 116 valence electrons. The third-order valence-electron chi connectivity index (χ3n) is 3.86. The highest BCUT2D eigenvalue weighted by molar-refractivity contribution is 5.75. The number of benzene rings is 2. The Morgan fingerprint density at radius 3 is 2.52 bits per heavy atom. The predicted octanol–water partition coefficient (Wildman–Crippen LogP) is 4.16. The summed E-state index contributed by atoms with van der Waals surface area (Å²) in [6.45, 7) is 4.16. The first-order chi connectivity index (χ1) is 11.1. The lowest BCUT2D eigenvalue weighted by atomic mass is 10.1. The molecule has 0 aliphatic rings. The Kier molecular flexibility index (Phi) is 4.33. The fraction of sp³-hybridized carbons (Fsp3) is 0.211. The van der Waals surface area contributed by atoms with E-state index in [4.69, 9.17) is 0 Å². The maximum absolute atomic E-state index is 4.67. The molecule has 0 fully saturated rings. The minimum absolute atomic E-state index is 0.0959. The van der Waals surface area contributed by atoms with Crippen molar-refractivity contribution >= 4 is 22.9 Å². The standard InChI is InChI=1S/C19H20N4/c1-14-8-4-7-11-19(14)23(3)21-12-15(2)18-13-20-16-9-5-6-10-17(16)22-18/h4-13,15H,1-3H3/b21-12-. The average molecular weight is 304 g/mol. The number of hydrazone groups is 1. The van der Waals surface area contributed by atoms with Gasteiger partial charge >= 0.3 is 0 Å². The maximum Gasteiger partial charge on any atom is 0.0890 e. The van der Waals surface area contributed by atoms with Crippen LogP contribution < -0.4 is 5.01 Å². The number of rotatable bonds is 4. The largest absolute Gasteiger partial charge is 0.269 e. The number of aromatic nitrogens is 2. The molecule has 0 N–H and O–H groups in total.